The number of carboxylic acid groups (broad SMARTS) is 2. The molecule has 2 aromatic carbocycles. The van der Waals surface area contributed by atoms with E-state index in [1.807, 2.05) is 24.3 Å². The molecule has 1 aliphatic carbocycles. The van der Waals surface area contributed by atoms with Crippen LogP contribution in [0.25, 0.3) is 5.57 Å². The third kappa shape index (κ3) is 2.51. The van der Waals surface area contributed by atoms with Gasteiger partial charge in [-0.15, -0.1) is 0 Å². The first-order valence-corrected chi connectivity index (χ1v) is 6.79. The highest BCUT2D eigenvalue weighted by Gasteiger charge is 2.23. The Labute approximate surface area is 127 Å². The fraction of sp³-hybridized carbons (Fsp3) is 0.0556. The van der Waals surface area contributed by atoms with Crippen LogP contribution in [0.4, 0.5) is 0 Å². The molecule has 0 spiro atoms. The maximum Gasteiger partial charge on any atom is 0.335 e. The van der Waals surface area contributed by atoms with Gasteiger partial charge in [-0.25, -0.2) is 9.59 Å². The van der Waals surface area contributed by atoms with Gasteiger partial charge in [0.1, 0.15) is 0 Å². The average Bonchev–Trinajstić information content (AvgIpc) is 2.53. The summed E-state index contributed by atoms with van der Waals surface area (Å²) in [6.07, 6.45) is 2.18. The molecule has 0 amide bonds. The molecule has 0 fully saturated rings. The van der Waals surface area contributed by atoms with Crippen molar-refractivity contribution in [2.75, 3.05) is 0 Å². The molecule has 2 aromatic rings. The zero-order valence-corrected chi connectivity index (χ0v) is 11.6. The quantitative estimate of drug-likeness (QED) is 0.912. The van der Waals surface area contributed by atoms with E-state index in [2.05, 4.69) is 0 Å². The zero-order valence-electron chi connectivity index (χ0n) is 11.6. The molecular formula is C18H13O4. The second-order valence-corrected chi connectivity index (χ2v) is 5.10. The van der Waals surface area contributed by atoms with Crippen LogP contribution in [0.2, 0.25) is 0 Å². The summed E-state index contributed by atoms with van der Waals surface area (Å²) in [5.74, 6) is -1.98. The summed E-state index contributed by atoms with van der Waals surface area (Å²) in [6, 6.07) is 14.0. The first kappa shape index (κ1) is 14.1. The van der Waals surface area contributed by atoms with Crippen LogP contribution in [-0.4, -0.2) is 22.2 Å². The second kappa shape index (κ2) is 5.48. The number of aliphatic carboxylic acids is 1. The number of benzene rings is 2. The summed E-state index contributed by atoms with van der Waals surface area (Å²) in [5.41, 5.74) is 3.83. The van der Waals surface area contributed by atoms with Crippen molar-refractivity contribution in [3.05, 3.63) is 82.8 Å². The first-order valence-electron chi connectivity index (χ1n) is 6.79. The van der Waals surface area contributed by atoms with E-state index in [0.29, 0.717) is 12.0 Å². The summed E-state index contributed by atoms with van der Waals surface area (Å²) in [5, 5.41) is 18.4. The minimum atomic E-state index is -1.00. The Balaban J connectivity index is 2.06. The molecule has 0 aliphatic heterocycles. The Morgan fingerprint density at radius 2 is 1.55 bits per heavy atom. The number of carbonyl (C=O) groups is 2. The van der Waals surface area contributed by atoms with Crippen LogP contribution in [0.5, 0.6) is 0 Å². The van der Waals surface area contributed by atoms with Gasteiger partial charge in [0.05, 0.1) is 5.56 Å². The van der Waals surface area contributed by atoms with Crippen LogP contribution in [-0.2, 0) is 11.2 Å². The maximum absolute atomic E-state index is 11.5. The van der Waals surface area contributed by atoms with Crippen LogP contribution in [0.3, 0.4) is 0 Å². The predicted octanol–water partition coefficient (Wildman–Crippen LogP) is 3.03. The Kier molecular flexibility index (Phi) is 3.51. The fourth-order valence-electron chi connectivity index (χ4n) is 2.63. The highest BCUT2D eigenvalue weighted by atomic mass is 16.4. The molecule has 4 nitrogen and oxygen atoms in total. The van der Waals surface area contributed by atoms with Crippen molar-refractivity contribution in [3.63, 3.8) is 0 Å². The molecule has 2 N–H and O–H groups in total. The van der Waals surface area contributed by atoms with Crippen LogP contribution in [0.1, 0.15) is 27.0 Å². The minimum absolute atomic E-state index is 0.182. The minimum Gasteiger partial charge on any atom is -0.478 e. The molecule has 0 saturated carbocycles. The smallest absolute Gasteiger partial charge is 0.335 e. The number of allylic oxidation sites excluding steroid dienone is 1. The number of carboxylic acids is 2. The van der Waals surface area contributed by atoms with E-state index in [4.69, 9.17) is 5.11 Å². The Morgan fingerprint density at radius 1 is 0.864 bits per heavy atom. The number of rotatable bonds is 3. The lowest BCUT2D eigenvalue weighted by Crippen LogP contribution is -2.13. The van der Waals surface area contributed by atoms with E-state index in [1.54, 1.807) is 18.6 Å². The largest absolute Gasteiger partial charge is 0.478 e. The van der Waals surface area contributed by atoms with Gasteiger partial charge in [-0.2, -0.15) is 0 Å². The molecule has 3 rings (SSSR count). The van der Waals surface area contributed by atoms with E-state index in [-0.39, 0.29) is 11.1 Å². The van der Waals surface area contributed by atoms with E-state index >= 15 is 0 Å². The molecule has 1 radical (unpaired) electrons. The molecule has 0 heterocycles. The van der Waals surface area contributed by atoms with Gasteiger partial charge in [-0.1, -0.05) is 36.4 Å². The van der Waals surface area contributed by atoms with Crippen LogP contribution in [0, 0.1) is 6.42 Å². The van der Waals surface area contributed by atoms with Crippen molar-refractivity contribution < 1.29 is 19.8 Å². The van der Waals surface area contributed by atoms with E-state index in [0.717, 1.165) is 16.7 Å². The van der Waals surface area contributed by atoms with E-state index < -0.39 is 11.9 Å². The molecule has 1 aliphatic rings. The van der Waals surface area contributed by atoms with Gasteiger partial charge >= 0.3 is 11.9 Å². The summed E-state index contributed by atoms with van der Waals surface area (Å²) in [7, 11) is 0. The molecule has 0 unspecified atom stereocenters. The van der Waals surface area contributed by atoms with Crippen molar-refractivity contribution in [1.82, 2.24) is 0 Å². The van der Waals surface area contributed by atoms with Gasteiger partial charge in [-0.3, -0.25) is 0 Å². The number of aromatic carboxylic acids is 1. The van der Waals surface area contributed by atoms with Gasteiger partial charge in [0.25, 0.3) is 0 Å². The lowest BCUT2D eigenvalue weighted by atomic mass is 9.83. The van der Waals surface area contributed by atoms with Gasteiger partial charge in [-0.05, 0) is 40.8 Å². The third-order valence-electron chi connectivity index (χ3n) is 3.76. The standard InChI is InChI=1S/C18H13O4/c19-17(20)12-7-5-11(6-8-12)15-9-13-3-1-2-4-14(13)10-16(15)18(21)22/h1-8,10H,9H2,(H,19,20)(H,21,22). The maximum atomic E-state index is 11.5. The summed E-state index contributed by atoms with van der Waals surface area (Å²) >= 11 is 0. The number of hydrogen-bond donors (Lipinski definition) is 2. The van der Waals surface area contributed by atoms with Gasteiger partial charge in [0, 0.05) is 12.0 Å². The molecule has 0 atom stereocenters. The molecule has 109 valence electrons. The summed E-state index contributed by atoms with van der Waals surface area (Å²) < 4.78 is 0. The summed E-state index contributed by atoms with van der Waals surface area (Å²) in [4.78, 5) is 22.5. The second-order valence-electron chi connectivity index (χ2n) is 5.10. The molecule has 0 bridgehead atoms. The van der Waals surface area contributed by atoms with Crippen molar-refractivity contribution in [1.29, 1.82) is 0 Å². The fourth-order valence-corrected chi connectivity index (χ4v) is 2.63. The normalized spacial score (nSPS) is 13.6. The lowest BCUT2D eigenvalue weighted by Gasteiger charge is -2.21. The predicted molar refractivity (Wildman–Crippen MR) is 81.5 cm³/mol. The van der Waals surface area contributed by atoms with E-state index in [9.17, 15) is 14.7 Å². The van der Waals surface area contributed by atoms with Gasteiger partial charge in [0.15, 0.2) is 0 Å². The molecule has 4 heteroatoms. The Hall–Kier alpha value is -2.88. The van der Waals surface area contributed by atoms with Crippen LogP contribution < -0.4 is 0 Å². The molecule has 22 heavy (non-hydrogen) atoms. The SMILES string of the molecule is O=C(O)C1=C(c2ccc(C(=O)O)cc2)Cc2ccccc2[CH]1. The molecular weight excluding hydrogens is 280 g/mol. The number of hydrogen-bond acceptors (Lipinski definition) is 2. The zero-order chi connectivity index (χ0) is 15.7. The van der Waals surface area contributed by atoms with Crippen molar-refractivity contribution in [3.8, 4) is 0 Å². The molecule has 0 saturated heterocycles. The van der Waals surface area contributed by atoms with Gasteiger partial charge < -0.3 is 10.2 Å². The highest BCUT2D eigenvalue weighted by Crippen LogP contribution is 2.33. The topological polar surface area (TPSA) is 74.6 Å². The number of fused-ring (bicyclic) bond motifs is 1. The van der Waals surface area contributed by atoms with Gasteiger partial charge in [0.2, 0.25) is 0 Å². The van der Waals surface area contributed by atoms with Crippen molar-refractivity contribution in [2.24, 2.45) is 0 Å². The van der Waals surface area contributed by atoms with Crippen molar-refractivity contribution >= 4 is 17.5 Å². The van der Waals surface area contributed by atoms with Crippen molar-refractivity contribution in [2.45, 2.75) is 6.42 Å². The lowest BCUT2D eigenvalue weighted by molar-refractivity contribution is -0.132. The Morgan fingerprint density at radius 3 is 2.18 bits per heavy atom. The van der Waals surface area contributed by atoms with E-state index in [1.165, 1.54) is 12.1 Å². The highest BCUT2D eigenvalue weighted by molar-refractivity contribution is 6.01. The first-order chi connectivity index (χ1) is 10.6. The average molecular weight is 293 g/mol. The monoisotopic (exact) mass is 293 g/mol. The van der Waals surface area contributed by atoms with Crippen LogP contribution >= 0.6 is 0 Å². The third-order valence-corrected chi connectivity index (χ3v) is 3.76. The Bertz CT molecular complexity index is 785. The summed E-state index contributed by atoms with van der Waals surface area (Å²) in [6.45, 7) is 0. The molecule has 0 aromatic heterocycles. The van der Waals surface area contributed by atoms with Crippen LogP contribution in [0.15, 0.2) is 54.1 Å².